The van der Waals surface area contributed by atoms with Crippen LogP contribution in [0.2, 0.25) is 0 Å². The van der Waals surface area contributed by atoms with Gasteiger partial charge in [-0.15, -0.1) is 0 Å². The number of anilines is 1. The first-order chi connectivity index (χ1) is 12.9. The van der Waals surface area contributed by atoms with Gasteiger partial charge in [0, 0.05) is 12.2 Å². The fourth-order valence-corrected chi connectivity index (χ4v) is 2.26. The number of hydrogen-bond donors (Lipinski definition) is 3. The summed E-state index contributed by atoms with van der Waals surface area (Å²) >= 11 is 0. The number of hydrogen-bond acceptors (Lipinski definition) is 3. The summed E-state index contributed by atoms with van der Waals surface area (Å²) in [6.45, 7) is 3.91. The van der Waals surface area contributed by atoms with Crippen LogP contribution in [0.25, 0.3) is 0 Å². The zero-order valence-electron chi connectivity index (χ0n) is 15.0. The SMILES string of the molecule is CCNC(=O)COc1ccc(NC(=O)N[C@@H](C)c2ccc(F)c(F)c2)cc1. The zero-order valence-corrected chi connectivity index (χ0v) is 15.0. The Kier molecular flexibility index (Phi) is 7.10. The van der Waals surface area contributed by atoms with Crippen LogP contribution in [0.15, 0.2) is 42.5 Å². The van der Waals surface area contributed by atoms with Gasteiger partial charge in [-0.2, -0.15) is 0 Å². The van der Waals surface area contributed by atoms with Gasteiger partial charge in [0.2, 0.25) is 0 Å². The maximum absolute atomic E-state index is 13.3. The van der Waals surface area contributed by atoms with Crippen LogP contribution in [0.4, 0.5) is 19.3 Å². The Balaban J connectivity index is 1.86. The number of ether oxygens (including phenoxy) is 1. The third-order valence-electron chi connectivity index (χ3n) is 3.65. The van der Waals surface area contributed by atoms with E-state index in [1.807, 2.05) is 6.92 Å². The van der Waals surface area contributed by atoms with Gasteiger partial charge in [-0.05, 0) is 55.8 Å². The van der Waals surface area contributed by atoms with Crippen LogP contribution < -0.4 is 20.7 Å². The minimum absolute atomic E-state index is 0.0904. The Bertz CT molecular complexity index is 797. The van der Waals surface area contributed by atoms with Gasteiger partial charge in [-0.1, -0.05) is 6.07 Å². The first-order valence-corrected chi connectivity index (χ1v) is 8.41. The molecule has 2 rings (SSSR count). The van der Waals surface area contributed by atoms with Gasteiger partial charge in [0.15, 0.2) is 18.2 Å². The smallest absolute Gasteiger partial charge is 0.319 e. The molecule has 0 saturated heterocycles. The Morgan fingerprint density at radius 3 is 2.41 bits per heavy atom. The predicted molar refractivity (Wildman–Crippen MR) is 97.5 cm³/mol. The van der Waals surface area contributed by atoms with E-state index < -0.39 is 23.7 Å². The molecular weight excluding hydrogens is 356 g/mol. The molecule has 0 aliphatic carbocycles. The topological polar surface area (TPSA) is 79.5 Å². The Morgan fingerprint density at radius 2 is 1.78 bits per heavy atom. The van der Waals surface area contributed by atoms with Crippen molar-refractivity contribution in [1.29, 1.82) is 0 Å². The summed E-state index contributed by atoms with van der Waals surface area (Å²) in [5.74, 6) is -1.64. The molecule has 0 heterocycles. The van der Waals surface area contributed by atoms with Crippen molar-refractivity contribution >= 4 is 17.6 Å². The molecule has 0 aliphatic heterocycles. The maximum atomic E-state index is 13.3. The lowest BCUT2D eigenvalue weighted by molar-refractivity contribution is -0.122. The summed E-state index contributed by atoms with van der Waals surface area (Å²) in [7, 11) is 0. The number of likely N-dealkylation sites (N-methyl/N-ethyl adjacent to an activating group) is 1. The molecule has 2 aromatic carbocycles. The molecule has 3 N–H and O–H groups in total. The number of urea groups is 1. The van der Waals surface area contributed by atoms with E-state index >= 15 is 0 Å². The molecule has 2 aromatic rings. The standard InChI is InChI=1S/C19H21F2N3O3/c1-3-22-18(25)11-27-15-7-5-14(6-8-15)24-19(26)23-12(2)13-4-9-16(20)17(21)10-13/h4-10,12H,3,11H2,1-2H3,(H,22,25)(H2,23,24,26)/t12-/m0/s1. The molecule has 0 aliphatic rings. The maximum Gasteiger partial charge on any atom is 0.319 e. The van der Waals surface area contributed by atoms with Gasteiger partial charge in [-0.25, -0.2) is 13.6 Å². The zero-order chi connectivity index (χ0) is 19.8. The lowest BCUT2D eigenvalue weighted by Crippen LogP contribution is -2.31. The predicted octanol–water partition coefficient (Wildman–Crippen LogP) is 3.36. The molecule has 1 atom stereocenters. The van der Waals surface area contributed by atoms with Gasteiger partial charge >= 0.3 is 6.03 Å². The number of amides is 3. The van der Waals surface area contributed by atoms with Crippen molar-refractivity contribution in [3.05, 3.63) is 59.7 Å². The van der Waals surface area contributed by atoms with Crippen molar-refractivity contribution in [3.8, 4) is 5.75 Å². The molecule has 27 heavy (non-hydrogen) atoms. The number of halogens is 2. The van der Waals surface area contributed by atoms with Crippen LogP contribution in [0.3, 0.4) is 0 Å². The lowest BCUT2D eigenvalue weighted by atomic mass is 10.1. The second-order valence-corrected chi connectivity index (χ2v) is 5.76. The Morgan fingerprint density at radius 1 is 1.07 bits per heavy atom. The molecular formula is C19H21F2N3O3. The van der Waals surface area contributed by atoms with Gasteiger partial charge in [0.25, 0.3) is 5.91 Å². The summed E-state index contributed by atoms with van der Waals surface area (Å²) in [6, 6.07) is 8.93. The second kappa shape index (κ2) is 9.51. The highest BCUT2D eigenvalue weighted by molar-refractivity contribution is 5.89. The summed E-state index contributed by atoms with van der Waals surface area (Å²) in [4.78, 5) is 23.4. The van der Waals surface area contributed by atoms with Crippen molar-refractivity contribution in [3.63, 3.8) is 0 Å². The molecule has 3 amide bonds. The van der Waals surface area contributed by atoms with Crippen LogP contribution in [0.1, 0.15) is 25.5 Å². The van der Waals surface area contributed by atoms with Crippen molar-refractivity contribution in [1.82, 2.24) is 10.6 Å². The third-order valence-corrected chi connectivity index (χ3v) is 3.65. The number of benzene rings is 2. The van der Waals surface area contributed by atoms with Crippen molar-refractivity contribution < 1.29 is 23.1 Å². The Hall–Kier alpha value is -3.16. The van der Waals surface area contributed by atoms with Crippen molar-refractivity contribution in [2.24, 2.45) is 0 Å². The fraction of sp³-hybridized carbons (Fsp3) is 0.263. The van der Waals surface area contributed by atoms with Crippen LogP contribution in [0, 0.1) is 11.6 Å². The monoisotopic (exact) mass is 377 g/mol. The summed E-state index contributed by atoms with van der Waals surface area (Å²) in [6.07, 6.45) is 0. The third kappa shape index (κ3) is 6.25. The summed E-state index contributed by atoms with van der Waals surface area (Å²) in [5, 5.41) is 7.88. The normalized spacial score (nSPS) is 11.4. The number of rotatable bonds is 7. The van der Waals surface area contributed by atoms with Gasteiger partial charge < -0.3 is 20.7 Å². The minimum Gasteiger partial charge on any atom is -0.484 e. The molecule has 0 saturated carbocycles. The first kappa shape index (κ1) is 20.2. The fourth-order valence-electron chi connectivity index (χ4n) is 2.26. The largest absolute Gasteiger partial charge is 0.484 e. The number of carbonyl (C=O) groups is 2. The molecule has 8 heteroatoms. The van der Waals surface area contributed by atoms with Crippen LogP contribution >= 0.6 is 0 Å². The molecule has 0 spiro atoms. The molecule has 0 aromatic heterocycles. The van der Waals surface area contributed by atoms with E-state index in [4.69, 9.17) is 4.74 Å². The average Bonchev–Trinajstić information content (AvgIpc) is 2.63. The summed E-state index contributed by atoms with van der Waals surface area (Å²) < 4.78 is 31.6. The highest BCUT2D eigenvalue weighted by atomic mass is 19.2. The van der Waals surface area contributed by atoms with E-state index in [-0.39, 0.29) is 12.5 Å². The van der Waals surface area contributed by atoms with Crippen LogP contribution in [-0.4, -0.2) is 25.1 Å². The van der Waals surface area contributed by atoms with E-state index in [1.165, 1.54) is 6.07 Å². The van der Waals surface area contributed by atoms with Gasteiger partial charge in [0.05, 0.1) is 6.04 Å². The highest BCUT2D eigenvalue weighted by Crippen LogP contribution is 2.18. The molecule has 144 valence electrons. The molecule has 6 nitrogen and oxygen atoms in total. The van der Waals surface area contributed by atoms with Gasteiger partial charge in [-0.3, -0.25) is 4.79 Å². The molecule has 0 bridgehead atoms. The highest BCUT2D eigenvalue weighted by Gasteiger charge is 2.12. The van der Waals surface area contributed by atoms with Gasteiger partial charge in [0.1, 0.15) is 5.75 Å². The first-order valence-electron chi connectivity index (χ1n) is 8.41. The second-order valence-electron chi connectivity index (χ2n) is 5.76. The van der Waals surface area contributed by atoms with E-state index in [2.05, 4.69) is 16.0 Å². The quantitative estimate of drug-likeness (QED) is 0.692. The van der Waals surface area contributed by atoms with E-state index in [0.29, 0.717) is 23.5 Å². The van der Waals surface area contributed by atoms with E-state index in [9.17, 15) is 18.4 Å². The van der Waals surface area contributed by atoms with Crippen molar-refractivity contribution in [2.45, 2.75) is 19.9 Å². The number of nitrogens with one attached hydrogen (secondary N) is 3. The minimum atomic E-state index is -0.968. The van der Waals surface area contributed by atoms with Crippen molar-refractivity contribution in [2.75, 3.05) is 18.5 Å². The lowest BCUT2D eigenvalue weighted by Gasteiger charge is -2.15. The Labute approximate surface area is 155 Å². The van der Waals surface area contributed by atoms with Crippen LogP contribution in [-0.2, 0) is 4.79 Å². The van der Waals surface area contributed by atoms with Crippen LogP contribution in [0.5, 0.6) is 5.75 Å². The molecule has 0 unspecified atom stereocenters. The number of carbonyl (C=O) groups excluding carboxylic acids is 2. The molecule has 0 radical (unpaired) electrons. The average molecular weight is 377 g/mol. The summed E-state index contributed by atoms with van der Waals surface area (Å²) in [5.41, 5.74) is 0.952. The molecule has 0 fully saturated rings. The van der Waals surface area contributed by atoms with E-state index in [0.717, 1.165) is 12.1 Å². The van der Waals surface area contributed by atoms with E-state index in [1.54, 1.807) is 31.2 Å².